The smallest absolute Gasteiger partial charge is 0.308 e. The summed E-state index contributed by atoms with van der Waals surface area (Å²) >= 11 is 0. The van der Waals surface area contributed by atoms with E-state index >= 15 is 0 Å². The Kier molecular flexibility index (Phi) is 4.24. The third-order valence-electron chi connectivity index (χ3n) is 4.00. The summed E-state index contributed by atoms with van der Waals surface area (Å²) in [5.74, 6) is 0.880. The van der Waals surface area contributed by atoms with Crippen molar-refractivity contribution < 1.29 is 0 Å². The molecule has 106 valence electrons. The van der Waals surface area contributed by atoms with Crippen molar-refractivity contribution in [2.75, 3.05) is 0 Å². The summed E-state index contributed by atoms with van der Waals surface area (Å²) in [5, 5.41) is 3.46. The van der Waals surface area contributed by atoms with E-state index in [-0.39, 0.29) is 11.2 Å². The van der Waals surface area contributed by atoms with Crippen LogP contribution in [-0.4, -0.2) is 15.2 Å². The molecule has 1 N–H and O–H groups in total. The number of hydrogen-bond acceptors (Lipinski definition) is 3. The van der Waals surface area contributed by atoms with Crippen molar-refractivity contribution in [2.24, 2.45) is 20.0 Å². The Balaban J connectivity index is 2.06. The molecule has 1 heterocycles. The van der Waals surface area contributed by atoms with Gasteiger partial charge in [0.2, 0.25) is 0 Å². The van der Waals surface area contributed by atoms with Crippen LogP contribution in [0.15, 0.2) is 15.7 Å². The van der Waals surface area contributed by atoms with Crippen LogP contribution in [0.25, 0.3) is 0 Å². The number of nitrogens with zero attached hydrogens (tertiary/aromatic N) is 2. The van der Waals surface area contributed by atoms with Crippen LogP contribution in [0.5, 0.6) is 0 Å². The fourth-order valence-electron chi connectivity index (χ4n) is 2.35. The topological polar surface area (TPSA) is 56.0 Å². The van der Waals surface area contributed by atoms with Crippen molar-refractivity contribution in [1.29, 1.82) is 0 Å². The van der Waals surface area contributed by atoms with Crippen LogP contribution in [0.1, 0.15) is 38.3 Å². The van der Waals surface area contributed by atoms with Gasteiger partial charge < -0.3 is 5.32 Å². The Bertz CT molecular complexity index is 555. The molecule has 1 aliphatic rings. The summed E-state index contributed by atoms with van der Waals surface area (Å²) < 4.78 is 2.67. The average Bonchev–Trinajstić information content (AvgIpc) is 3.21. The van der Waals surface area contributed by atoms with E-state index in [1.165, 1.54) is 36.9 Å². The molecule has 1 aromatic rings. The third kappa shape index (κ3) is 3.35. The Hall–Kier alpha value is -1.36. The summed E-state index contributed by atoms with van der Waals surface area (Å²) in [6.07, 6.45) is 4.98. The van der Waals surface area contributed by atoms with E-state index in [1.807, 2.05) is 0 Å². The van der Waals surface area contributed by atoms with Crippen LogP contribution in [-0.2, 0) is 20.6 Å². The van der Waals surface area contributed by atoms with Crippen LogP contribution in [0, 0.1) is 5.92 Å². The van der Waals surface area contributed by atoms with Crippen LogP contribution < -0.4 is 16.6 Å². The van der Waals surface area contributed by atoms with Crippen LogP contribution in [0.4, 0.5) is 0 Å². The second-order valence-electron chi connectivity index (χ2n) is 5.54. The quantitative estimate of drug-likeness (QED) is 0.826. The first-order valence-electron chi connectivity index (χ1n) is 7.02. The molecule has 1 aromatic heterocycles. The molecule has 0 radical (unpaired) electrons. The molecule has 0 spiro atoms. The molecule has 19 heavy (non-hydrogen) atoms. The standard InChI is InChI=1S/C14H23N3O2/c1-4-11(7-10-5-6-10)15-9-12-8-13(18)17(3)14(19)16(12)2/h8,10-11,15H,4-7,9H2,1-3H3. The highest BCUT2D eigenvalue weighted by atomic mass is 16.2. The lowest BCUT2D eigenvalue weighted by Gasteiger charge is -2.18. The fraction of sp³-hybridized carbons (Fsp3) is 0.714. The molecule has 1 fully saturated rings. The Morgan fingerprint density at radius 1 is 1.32 bits per heavy atom. The van der Waals surface area contributed by atoms with Crippen molar-refractivity contribution in [3.63, 3.8) is 0 Å². The SMILES string of the molecule is CCC(CC1CC1)NCc1cc(=O)n(C)c(=O)n1C. The maximum absolute atomic E-state index is 11.8. The molecule has 0 aromatic carbocycles. The molecular weight excluding hydrogens is 242 g/mol. The minimum Gasteiger partial charge on any atom is -0.308 e. The summed E-state index contributed by atoms with van der Waals surface area (Å²) in [6, 6.07) is 2.02. The van der Waals surface area contributed by atoms with E-state index in [9.17, 15) is 9.59 Å². The van der Waals surface area contributed by atoms with Gasteiger partial charge in [-0.25, -0.2) is 4.79 Å². The van der Waals surface area contributed by atoms with Crippen molar-refractivity contribution in [3.05, 3.63) is 32.6 Å². The van der Waals surface area contributed by atoms with Crippen LogP contribution in [0.3, 0.4) is 0 Å². The lowest BCUT2D eigenvalue weighted by molar-refractivity contribution is 0.435. The van der Waals surface area contributed by atoms with Crippen molar-refractivity contribution in [3.8, 4) is 0 Å². The van der Waals surface area contributed by atoms with E-state index in [1.54, 1.807) is 7.05 Å². The molecule has 5 nitrogen and oxygen atoms in total. The largest absolute Gasteiger partial charge is 0.330 e. The van der Waals surface area contributed by atoms with Gasteiger partial charge in [-0.15, -0.1) is 0 Å². The van der Waals surface area contributed by atoms with Gasteiger partial charge in [0.1, 0.15) is 0 Å². The van der Waals surface area contributed by atoms with Crippen LogP contribution >= 0.6 is 0 Å². The molecule has 1 atom stereocenters. The lowest BCUT2D eigenvalue weighted by Crippen LogP contribution is -2.40. The molecule has 2 rings (SSSR count). The number of nitrogens with one attached hydrogen (secondary N) is 1. The first kappa shape index (κ1) is 14.1. The van der Waals surface area contributed by atoms with Crippen molar-refractivity contribution in [1.82, 2.24) is 14.5 Å². The van der Waals surface area contributed by atoms with Gasteiger partial charge in [0, 0.05) is 38.4 Å². The van der Waals surface area contributed by atoms with Gasteiger partial charge in [-0.2, -0.15) is 0 Å². The molecule has 0 aliphatic heterocycles. The predicted octanol–water partition coefficient (Wildman–Crippen LogP) is 0.752. The monoisotopic (exact) mass is 265 g/mol. The normalized spacial score (nSPS) is 16.6. The zero-order valence-corrected chi connectivity index (χ0v) is 12.0. The van der Waals surface area contributed by atoms with Gasteiger partial charge in [-0.05, 0) is 18.8 Å². The zero-order chi connectivity index (χ0) is 14.0. The Morgan fingerprint density at radius 3 is 2.58 bits per heavy atom. The summed E-state index contributed by atoms with van der Waals surface area (Å²) in [4.78, 5) is 23.4. The minimum absolute atomic E-state index is 0.241. The number of aromatic nitrogens is 2. The van der Waals surface area contributed by atoms with Gasteiger partial charge >= 0.3 is 5.69 Å². The van der Waals surface area contributed by atoms with Gasteiger partial charge in [0.05, 0.1) is 0 Å². The van der Waals surface area contributed by atoms with E-state index in [0.717, 1.165) is 22.6 Å². The number of hydrogen-bond donors (Lipinski definition) is 1. The molecule has 1 aliphatic carbocycles. The highest BCUT2D eigenvalue weighted by molar-refractivity contribution is 5.02. The van der Waals surface area contributed by atoms with E-state index in [2.05, 4.69) is 12.2 Å². The predicted molar refractivity (Wildman–Crippen MR) is 75.2 cm³/mol. The first-order chi connectivity index (χ1) is 9.02. The third-order valence-corrected chi connectivity index (χ3v) is 4.00. The molecule has 5 heteroatoms. The van der Waals surface area contributed by atoms with E-state index in [4.69, 9.17) is 0 Å². The molecule has 0 amide bonds. The maximum Gasteiger partial charge on any atom is 0.330 e. The molecule has 0 bridgehead atoms. The molecular formula is C14H23N3O2. The first-order valence-corrected chi connectivity index (χ1v) is 7.02. The highest BCUT2D eigenvalue weighted by Gasteiger charge is 2.24. The van der Waals surface area contributed by atoms with E-state index < -0.39 is 0 Å². The summed E-state index contributed by atoms with van der Waals surface area (Å²) in [6.45, 7) is 2.75. The molecule has 0 saturated heterocycles. The van der Waals surface area contributed by atoms with Crippen molar-refractivity contribution in [2.45, 2.75) is 45.2 Å². The highest BCUT2D eigenvalue weighted by Crippen LogP contribution is 2.34. The van der Waals surface area contributed by atoms with E-state index in [0.29, 0.717) is 12.6 Å². The second-order valence-corrected chi connectivity index (χ2v) is 5.54. The maximum atomic E-state index is 11.8. The van der Waals surface area contributed by atoms with Gasteiger partial charge in [-0.3, -0.25) is 13.9 Å². The molecule has 1 unspecified atom stereocenters. The second kappa shape index (κ2) is 5.74. The minimum atomic E-state index is -0.264. The van der Waals surface area contributed by atoms with Crippen LogP contribution in [0.2, 0.25) is 0 Å². The number of rotatable bonds is 6. The average molecular weight is 265 g/mol. The summed E-state index contributed by atoms with van der Waals surface area (Å²) in [5.41, 5.74) is 0.247. The van der Waals surface area contributed by atoms with Gasteiger partial charge in [-0.1, -0.05) is 19.8 Å². The van der Waals surface area contributed by atoms with Gasteiger partial charge in [0.15, 0.2) is 0 Å². The Morgan fingerprint density at radius 2 is 2.00 bits per heavy atom. The fourth-order valence-corrected chi connectivity index (χ4v) is 2.35. The lowest BCUT2D eigenvalue weighted by atomic mass is 10.1. The van der Waals surface area contributed by atoms with Crippen molar-refractivity contribution >= 4 is 0 Å². The zero-order valence-electron chi connectivity index (χ0n) is 12.0. The summed E-state index contributed by atoms with van der Waals surface area (Å²) in [7, 11) is 3.21. The molecule has 1 saturated carbocycles. The Labute approximate surface area is 113 Å². The van der Waals surface area contributed by atoms with Gasteiger partial charge in [0.25, 0.3) is 5.56 Å².